The Labute approximate surface area is 193 Å². The number of likely N-dealkylation sites (tertiary alicyclic amines) is 2. The lowest BCUT2D eigenvalue weighted by atomic mass is 9.78. The Morgan fingerprint density at radius 2 is 1.88 bits per heavy atom. The Kier molecular flexibility index (Phi) is 6.03. The van der Waals surface area contributed by atoms with E-state index in [4.69, 9.17) is 4.74 Å². The second kappa shape index (κ2) is 8.97. The Hall–Kier alpha value is -2.61. The highest BCUT2D eigenvalue weighted by molar-refractivity contribution is 5.69. The fraction of sp³-hybridized carbons (Fsp3) is 0.560. The summed E-state index contributed by atoms with van der Waals surface area (Å²) in [5.41, 5.74) is 2.33. The molecule has 1 amide bonds. The summed E-state index contributed by atoms with van der Waals surface area (Å²) in [6, 6.07) is 5.07. The number of aromatic nitrogens is 2. The Bertz CT molecular complexity index is 1000. The van der Waals surface area contributed by atoms with Gasteiger partial charge in [-0.2, -0.15) is 0 Å². The van der Waals surface area contributed by atoms with Crippen LogP contribution in [0.2, 0.25) is 0 Å². The van der Waals surface area contributed by atoms with Crippen molar-refractivity contribution < 1.29 is 18.3 Å². The monoisotopic (exact) mass is 456 g/mol. The van der Waals surface area contributed by atoms with E-state index in [1.807, 2.05) is 11.8 Å². The molecule has 2 saturated heterocycles. The zero-order valence-electron chi connectivity index (χ0n) is 19.0. The van der Waals surface area contributed by atoms with E-state index in [0.717, 1.165) is 63.8 Å². The molecule has 2 aromatic rings. The van der Waals surface area contributed by atoms with Gasteiger partial charge in [0, 0.05) is 24.5 Å². The normalized spacial score (nSPS) is 23.0. The van der Waals surface area contributed by atoms with Gasteiger partial charge in [-0.3, -0.25) is 9.97 Å². The van der Waals surface area contributed by atoms with Gasteiger partial charge in [0.25, 0.3) is 0 Å². The molecule has 3 aliphatic rings. The van der Waals surface area contributed by atoms with Crippen molar-refractivity contribution in [1.82, 2.24) is 19.8 Å². The third kappa shape index (κ3) is 4.45. The van der Waals surface area contributed by atoms with Crippen LogP contribution in [0, 0.1) is 17.0 Å². The molecule has 1 saturated carbocycles. The highest BCUT2D eigenvalue weighted by Gasteiger charge is 2.51. The highest BCUT2D eigenvalue weighted by atomic mass is 19.1. The molecule has 2 aromatic heterocycles. The predicted octanol–water partition coefficient (Wildman–Crippen LogP) is 4.61. The van der Waals surface area contributed by atoms with Crippen LogP contribution in [0.1, 0.15) is 50.5 Å². The first-order valence-corrected chi connectivity index (χ1v) is 11.9. The van der Waals surface area contributed by atoms with Crippen LogP contribution in [0.4, 0.5) is 13.6 Å². The van der Waals surface area contributed by atoms with E-state index in [0.29, 0.717) is 24.0 Å². The van der Waals surface area contributed by atoms with Crippen LogP contribution < -0.4 is 0 Å². The molecule has 1 aliphatic carbocycles. The minimum Gasteiger partial charge on any atom is -0.450 e. The summed E-state index contributed by atoms with van der Waals surface area (Å²) in [7, 11) is 0. The summed E-state index contributed by atoms with van der Waals surface area (Å²) in [4.78, 5) is 24.8. The Morgan fingerprint density at radius 1 is 1.12 bits per heavy atom. The van der Waals surface area contributed by atoms with Crippen molar-refractivity contribution >= 4 is 6.09 Å². The first kappa shape index (κ1) is 22.2. The molecule has 0 aromatic carbocycles. The van der Waals surface area contributed by atoms with Crippen LogP contribution in [0.15, 0.2) is 30.6 Å². The molecule has 5 rings (SSSR count). The highest BCUT2D eigenvalue weighted by Crippen LogP contribution is 2.48. The number of carbonyl (C=O) groups excluding carboxylic acids is 1. The Morgan fingerprint density at radius 3 is 2.58 bits per heavy atom. The van der Waals surface area contributed by atoms with Crippen LogP contribution >= 0.6 is 0 Å². The van der Waals surface area contributed by atoms with E-state index in [1.165, 1.54) is 18.5 Å². The Balaban J connectivity index is 1.21. The van der Waals surface area contributed by atoms with Gasteiger partial charge in [-0.15, -0.1) is 0 Å². The van der Waals surface area contributed by atoms with Gasteiger partial charge in [-0.05, 0) is 81.8 Å². The molecule has 6 nitrogen and oxygen atoms in total. The number of hydrogen-bond donors (Lipinski definition) is 0. The molecule has 1 spiro atoms. The fourth-order valence-electron chi connectivity index (χ4n) is 5.95. The maximum atomic E-state index is 14.1. The molecular weight excluding hydrogens is 426 g/mol. The number of ether oxygens (including phenoxy) is 1. The predicted molar refractivity (Wildman–Crippen MR) is 120 cm³/mol. The van der Waals surface area contributed by atoms with E-state index < -0.39 is 5.82 Å². The minimum atomic E-state index is -0.401. The zero-order chi connectivity index (χ0) is 23.0. The van der Waals surface area contributed by atoms with Crippen molar-refractivity contribution in [2.24, 2.45) is 5.41 Å². The number of piperidine rings is 1. The molecule has 2 aliphatic heterocycles. The minimum absolute atomic E-state index is 0.192. The van der Waals surface area contributed by atoms with Gasteiger partial charge in [-0.25, -0.2) is 13.6 Å². The van der Waals surface area contributed by atoms with Gasteiger partial charge in [-0.1, -0.05) is 0 Å². The number of carbonyl (C=O) groups is 1. The van der Waals surface area contributed by atoms with Crippen molar-refractivity contribution in [3.63, 3.8) is 0 Å². The molecule has 8 heteroatoms. The van der Waals surface area contributed by atoms with Gasteiger partial charge in [0.2, 0.25) is 0 Å². The SMILES string of the molecule is CCOC(=O)N1CC2(CC[C@H](N3CCC(c4cc(F)cnc4-c4ccc(F)cn4)CC3)C2)C1. The number of amides is 1. The number of pyridine rings is 2. The van der Waals surface area contributed by atoms with Crippen LogP contribution in [-0.2, 0) is 4.74 Å². The molecule has 0 bridgehead atoms. The largest absolute Gasteiger partial charge is 0.450 e. The quantitative estimate of drug-likeness (QED) is 0.672. The third-order valence-corrected chi connectivity index (χ3v) is 7.59. The summed E-state index contributed by atoms with van der Waals surface area (Å²) >= 11 is 0. The maximum absolute atomic E-state index is 14.1. The van der Waals surface area contributed by atoms with Crippen LogP contribution in [0.5, 0.6) is 0 Å². The van der Waals surface area contributed by atoms with Crippen LogP contribution in [0.3, 0.4) is 0 Å². The molecule has 1 atom stereocenters. The lowest BCUT2D eigenvalue weighted by Crippen LogP contribution is -2.58. The second-order valence-corrected chi connectivity index (χ2v) is 9.71. The van der Waals surface area contributed by atoms with Crippen molar-refractivity contribution in [2.45, 2.75) is 51.0 Å². The van der Waals surface area contributed by atoms with Gasteiger partial charge in [0.05, 0.1) is 30.4 Å². The summed E-state index contributed by atoms with van der Waals surface area (Å²) in [5, 5.41) is 0. The maximum Gasteiger partial charge on any atom is 0.409 e. The lowest BCUT2D eigenvalue weighted by molar-refractivity contribution is -0.00360. The van der Waals surface area contributed by atoms with Crippen molar-refractivity contribution in [3.05, 3.63) is 47.8 Å². The molecular formula is C25H30F2N4O2. The lowest BCUT2D eigenvalue weighted by Gasteiger charge is -2.48. The molecule has 3 fully saturated rings. The average molecular weight is 457 g/mol. The topological polar surface area (TPSA) is 58.6 Å². The first-order chi connectivity index (χ1) is 16.0. The molecule has 33 heavy (non-hydrogen) atoms. The molecule has 0 unspecified atom stereocenters. The van der Waals surface area contributed by atoms with Crippen LogP contribution in [0.25, 0.3) is 11.4 Å². The molecule has 0 radical (unpaired) electrons. The fourth-order valence-corrected chi connectivity index (χ4v) is 5.95. The third-order valence-electron chi connectivity index (χ3n) is 7.59. The molecule has 4 heterocycles. The van der Waals surface area contributed by atoms with Crippen molar-refractivity contribution in [1.29, 1.82) is 0 Å². The second-order valence-electron chi connectivity index (χ2n) is 9.71. The summed E-state index contributed by atoms with van der Waals surface area (Å²) in [6.45, 7) is 5.78. The van der Waals surface area contributed by atoms with E-state index >= 15 is 0 Å². The summed E-state index contributed by atoms with van der Waals surface area (Å²) < 4.78 is 32.5. The van der Waals surface area contributed by atoms with E-state index in [9.17, 15) is 13.6 Å². The van der Waals surface area contributed by atoms with E-state index in [-0.39, 0.29) is 23.2 Å². The zero-order valence-corrected chi connectivity index (χ0v) is 19.0. The first-order valence-electron chi connectivity index (χ1n) is 11.9. The van der Waals surface area contributed by atoms with Gasteiger partial charge in [0.1, 0.15) is 11.6 Å². The van der Waals surface area contributed by atoms with Gasteiger partial charge >= 0.3 is 6.09 Å². The number of halogens is 2. The summed E-state index contributed by atoms with van der Waals surface area (Å²) in [6.07, 6.45) is 7.48. The summed E-state index contributed by atoms with van der Waals surface area (Å²) in [5.74, 6) is -0.557. The number of nitrogens with zero attached hydrogens (tertiary/aromatic N) is 4. The molecule has 0 N–H and O–H groups in total. The smallest absolute Gasteiger partial charge is 0.409 e. The van der Waals surface area contributed by atoms with E-state index in [2.05, 4.69) is 14.9 Å². The van der Waals surface area contributed by atoms with Gasteiger partial charge < -0.3 is 14.5 Å². The number of hydrogen-bond acceptors (Lipinski definition) is 5. The van der Waals surface area contributed by atoms with E-state index in [1.54, 1.807) is 12.1 Å². The average Bonchev–Trinajstić information content (AvgIpc) is 3.25. The number of rotatable bonds is 4. The van der Waals surface area contributed by atoms with Gasteiger partial charge in [0.15, 0.2) is 0 Å². The van der Waals surface area contributed by atoms with Crippen LogP contribution in [-0.4, -0.2) is 64.7 Å². The van der Waals surface area contributed by atoms with Crippen molar-refractivity contribution in [2.75, 3.05) is 32.8 Å². The standard InChI is InChI=1S/C25H30F2N4O2/c1-2-33-24(32)31-15-25(16-31)8-5-20(12-25)30-9-6-17(7-10-30)21-11-19(27)14-29-23(21)22-4-3-18(26)13-28-22/h3-4,11,13-14,17,20H,2,5-10,12,15-16H2,1H3/t20-/m0/s1. The molecule has 176 valence electrons. The van der Waals surface area contributed by atoms with Crippen molar-refractivity contribution in [3.8, 4) is 11.4 Å².